The molecule has 17 heavy (non-hydrogen) atoms. The quantitative estimate of drug-likeness (QED) is 0.856. The molecule has 90 valence electrons. The van der Waals surface area contributed by atoms with Crippen LogP contribution in [0.5, 0.6) is 0 Å². The molecule has 0 atom stereocenters. The largest absolute Gasteiger partial charge is 0.342 e. The summed E-state index contributed by atoms with van der Waals surface area (Å²) in [5.74, 6) is -0.214. The molecule has 3 nitrogen and oxygen atoms in total. The van der Waals surface area contributed by atoms with Gasteiger partial charge in [-0.2, -0.15) is 0 Å². The number of nitrogens with two attached hydrogens (primary N) is 1. The number of nitrogens with zero attached hydrogens (tertiary/aromatic N) is 1. The van der Waals surface area contributed by atoms with Gasteiger partial charge in [-0.05, 0) is 31.2 Å². The number of H-pyrrole nitrogens is 1. The number of nitrogens with one attached hydrogen (secondary N) is 1. The van der Waals surface area contributed by atoms with Crippen LogP contribution in [0.4, 0.5) is 8.78 Å². The second kappa shape index (κ2) is 5.05. The zero-order valence-electron chi connectivity index (χ0n) is 9.21. The van der Waals surface area contributed by atoms with Crippen LogP contribution in [0.25, 0.3) is 11.3 Å². The number of hydrogen-bond donors (Lipinski definition) is 2. The van der Waals surface area contributed by atoms with Crippen molar-refractivity contribution < 1.29 is 8.78 Å². The molecule has 0 bridgehead atoms. The Bertz CT molecular complexity index is 508. The Kier molecular flexibility index (Phi) is 3.49. The number of hydrogen-bond acceptors (Lipinski definition) is 2. The van der Waals surface area contributed by atoms with Crippen molar-refractivity contribution in [1.82, 2.24) is 9.97 Å². The minimum absolute atomic E-state index is 0.191. The standard InChI is InChI=1S/C12H13F2N3/c13-8-3-4-10(14)9(6-8)11-7-16-12(17-11)2-1-5-15/h3-4,6-7H,1-2,5,15H2,(H,16,17). The lowest BCUT2D eigenvalue weighted by Gasteiger charge is -2.00. The third-order valence-corrected chi connectivity index (χ3v) is 2.46. The Hall–Kier alpha value is -1.75. The minimum Gasteiger partial charge on any atom is -0.342 e. The highest BCUT2D eigenvalue weighted by molar-refractivity contribution is 5.59. The predicted molar refractivity (Wildman–Crippen MR) is 61.3 cm³/mol. The lowest BCUT2D eigenvalue weighted by atomic mass is 10.1. The molecular weight excluding hydrogens is 224 g/mol. The van der Waals surface area contributed by atoms with Crippen LogP contribution in [0.3, 0.4) is 0 Å². The Labute approximate surface area is 97.7 Å². The topological polar surface area (TPSA) is 54.7 Å². The summed E-state index contributed by atoms with van der Waals surface area (Å²) in [5.41, 5.74) is 6.06. The third-order valence-electron chi connectivity index (χ3n) is 2.46. The summed E-state index contributed by atoms with van der Waals surface area (Å²) in [6.07, 6.45) is 3.01. The van der Waals surface area contributed by atoms with Gasteiger partial charge >= 0.3 is 0 Å². The van der Waals surface area contributed by atoms with Gasteiger partial charge in [0, 0.05) is 12.0 Å². The summed E-state index contributed by atoms with van der Waals surface area (Å²) < 4.78 is 26.5. The maximum absolute atomic E-state index is 13.5. The molecule has 0 amide bonds. The summed E-state index contributed by atoms with van der Waals surface area (Å²) in [4.78, 5) is 7.06. The second-order valence-corrected chi connectivity index (χ2v) is 3.76. The molecule has 0 unspecified atom stereocenters. The van der Waals surface area contributed by atoms with E-state index in [4.69, 9.17) is 5.73 Å². The summed E-state index contributed by atoms with van der Waals surface area (Å²) in [7, 11) is 0. The molecule has 0 spiro atoms. The fraction of sp³-hybridized carbons (Fsp3) is 0.250. The maximum Gasteiger partial charge on any atom is 0.132 e. The molecular formula is C12H13F2N3. The highest BCUT2D eigenvalue weighted by Gasteiger charge is 2.09. The zero-order valence-corrected chi connectivity index (χ0v) is 9.21. The van der Waals surface area contributed by atoms with Gasteiger partial charge in [-0.1, -0.05) is 0 Å². The van der Waals surface area contributed by atoms with Gasteiger partial charge in [0.1, 0.15) is 17.5 Å². The summed E-state index contributed by atoms with van der Waals surface area (Å²) >= 11 is 0. The molecule has 1 aromatic carbocycles. The summed E-state index contributed by atoms with van der Waals surface area (Å²) in [6.45, 7) is 0.574. The fourth-order valence-electron chi connectivity index (χ4n) is 1.60. The summed E-state index contributed by atoms with van der Waals surface area (Å²) in [5, 5.41) is 0. The van der Waals surface area contributed by atoms with Gasteiger partial charge in [0.05, 0.1) is 11.9 Å². The minimum atomic E-state index is -0.473. The van der Waals surface area contributed by atoms with E-state index >= 15 is 0 Å². The average molecular weight is 237 g/mol. The van der Waals surface area contributed by atoms with E-state index in [1.54, 1.807) is 0 Å². The molecule has 0 aliphatic carbocycles. The van der Waals surface area contributed by atoms with Gasteiger partial charge in [0.2, 0.25) is 0 Å². The van der Waals surface area contributed by atoms with Crippen molar-refractivity contribution in [3.8, 4) is 11.3 Å². The zero-order chi connectivity index (χ0) is 12.3. The van der Waals surface area contributed by atoms with Crippen LogP contribution in [0, 0.1) is 11.6 Å². The molecule has 0 aliphatic heterocycles. The normalized spacial score (nSPS) is 10.8. The maximum atomic E-state index is 13.5. The van der Waals surface area contributed by atoms with Crippen LogP contribution in [-0.4, -0.2) is 16.5 Å². The van der Waals surface area contributed by atoms with Crippen LogP contribution < -0.4 is 5.73 Å². The molecule has 0 fully saturated rings. The van der Waals surface area contributed by atoms with Gasteiger partial charge in [-0.15, -0.1) is 0 Å². The van der Waals surface area contributed by atoms with Gasteiger partial charge in [0.15, 0.2) is 0 Å². The van der Waals surface area contributed by atoms with E-state index in [0.717, 1.165) is 30.4 Å². The number of imidazole rings is 1. The van der Waals surface area contributed by atoms with Crippen molar-refractivity contribution in [2.45, 2.75) is 12.8 Å². The van der Waals surface area contributed by atoms with Gasteiger partial charge in [-0.25, -0.2) is 13.8 Å². The van der Waals surface area contributed by atoms with Crippen molar-refractivity contribution >= 4 is 0 Å². The SMILES string of the molecule is NCCCc1ncc(-c2cc(F)ccc2F)[nH]1. The van der Waals surface area contributed by atoms with Crippen LogP contribution in [0.1, 0.15) is 12.2 Å². The Morgan fingerprint density at radius 1 is 1.29 bits per heavy atom. The molecule has 0 radical (unpaired) electrons. The highest BCUT2D eigenvalue weighted by Crippen LogP contribution is 2.22. The van der Waals surface area contributed by atoms with Crippen molar-refractivity contribution in [1.29, 1.82) is 0 Å². The molecule has 1 aromatic heterocycles. The smallest absolute Gasteiger partial charge is 0.132 e. The van der Waals surface area contributed by atoms with Crippen molar-refractivity contribution in [2.75, 3.05) is 6.54 Å². The lowest BCUT2D eigenvalue weighted by molar-refractivity contribution is 0.602. The molecule has 2 rings (SSSR count). The predicted octanol–water partition coefficient (Wildman–Crippen LogP) is 2.25. The Morgan fingerprint density at radius 2 is 2.12 bits per heavy atom. The lowest BCUT2D eigenvalue weighted by Crippen LogP contribution is -2.01. The average Bonchev–Trinajstić information content (AvgIpc) is 2.78. The van der Waals surface area contributed by atoms with Crippen LogP contribution in [-0.2, 0) is 6.42 Å². The molecule has 1 heterocycles. The van der Waals surface area contributed by atoms with Gasteiger partial charge in [-0.3, -0.25) is 0 Å². The van der Waals surface area contributed by atoms with Crippen molar-refractivity contribution in [2.24, 2.45) is 5.73 Å². The van der Waals surface area contributed by atoms with E-state index in [2.05, 4.69) is 9.97 Å². The number of halogens is 2. The molecule has 0 saturated heterocycles. The number of aromatic nitrogens is 2. The monoisotopic (exact) mass is 237 g/mol. The first kappa shape index (κ1) is 11.7. The number of benzene rings is 1. The number of aromatic amines is 1. The van der Waals surface area contributed by atoms with Crippen LogP contribution in [0.15, 0.2) is 24.4 Å². The first-order chi connectivity index (χ1) is 8.20. The van der Waals surface area contributed by atoms with E-state index in [1.807, 2.05) is 0 Å². The van der Waals surface area contributed by atoms with E-state index in [0.29, 0.717) is 18.7 Å². The van der Waals surface area contributed by atoms with Gasteiger partial charge in [0.25, 0.3) is 0 Å². The van der Waals surface area contributed by atoms with E-state index in [9.17, 15) is 8.78 Å². The number of rotatable bonds is 4. The first-order valence-electron chi connectivity index (χ1n) is 5.40. The second-order valence-electron chi connectivity index (χ2n) is 3.76. The van der Waals surface area contributed by atoms with Crippen LogP contribution in [0.2, 0.25) is 0 Å². The first-order valence-corrected chi connectivity index (χ1v) is 5.40. The fourth-order valence-corrected chi connectivity index (χ4v) is 1.60. The van der Waals surface area contributed by atoms with E-state index < -0.39 is 11.6 Å². The molecule has 5 heteroatoms. The third kappa shape index (κ3) is 2.68. The Morgan fingerprint density at radius 3 is 2.88 bits per heavy atom. The Balaban J connectivity index is 2.27. The van der Waals surface area contributed by atoms with Gasteiger partial charge < -0.3 is 10.7 Å². The van der Waals surface area contributed by atoms with Crippen LogP contribution >= 0.6 is 0 Å². The summed E-state index contributed by atoms with van der Waals surface area (Å²) in [6, 6.07) is 3.34. The molecule has 3 N–H and O–H groups in total. The number of aryl methyl sites for hydroxylation is 1. The van der Waals surface area contributed by atoms with E-state index in [-0.39, 0.29) is 5.56 Å². The molecule has 2 aromatic rings. The van der Waals surface area contributed by atoms with E-state index in [1.165, 1.54) is 6.20 Å². The molecule has 0 saturated carbocycles. The molecule has 0 aliphatic rings. The van der Waals surface area contributed by atoms with Crippen molar-refractivity contribution in [3.05, 3.63) is 41.9 Å². The van der Waals surface area contributed by atoms with Crippen molar-refractivity contribution in [3.63, 3.8) is 0 Å². The highest BCUT2D eigenvalue weighted by atomic mass is 19.1.